The van der Waals surface area contributed by atoms with Gasteiger partial charge >= 0.3 is 0 Å². The maximum Gasteiger partial charge on any atom is 0.188 e. The van der Waals surface area contributed by atoms with Crippen molar-refractivity contribution < 1.29 is 0 Å². The largest absolute Gasteiger partial charge is 0.370 e. The molecule has 0 saturated carbocycles. The molecule has 1 aromatic rings. The molecule has 0 saturated heterocycles. The number of nitrogens with one attached hydrogen (secondary N) is 1. The molecule has 0 bridgehead atoms. The van der Waals surface area contributed by atoms with Gasteiger partial charge in [-0.3, -0.25) is 4.99 Å². The molecule has 0 unspecified atom stereocenters. The van der Waals surface area contributed by atoms with Crippen LogP contribution in [-0.2, 0) is 12.8 Å². The van der Waals surface area contributed by atoms with Gasteiger partial charge in [-0.1, -0.05) is 45.0 Å². The summed E-state index contributed by atoms with van der Waals surface area (Å²) in [5.41, 5.74) is 9.05. The monoisotopic (exact) mass is 259 g/mol. The fourth-order valence-electron chi connectivity index (χ4n) is 2.64. The second-order valence-corrected chi connectivity index (χ2v) is 6.41. The van der Waals surface area contributed by atoms with Gasteiger partial charge < -0.3 is 11.1 Å². The first-order valence-corrected chi connectivity index (χ1v) is 7.09. The van der Waals surface area contributed by atoms with E-state index in [1.165, 1.54) is 11.1 Å². The van der Waals surface area contributed by atoms with Crippen LogP contribution in [0.5, 0.6) is 0 Å². The molecule has 0 radical (unpaired) electrons. The van der Waals surface area contributed by atoms with Crippen molar-refractivity contribution >= 4 is 5.96 Å². The lowest BCUT2D eigenvalue weighted by atomic mass is 9.87. The van der Waals surface area contributed by atoms with Gasteiger partial charge in [0.2, 0.25) is 0 Å². The zero-order valence-electron chi connectivity index (χ0n) is 12.2. The van der Waals surface area contributed by atoms with Crippen LogP contribution in [0.1, 0.15) is 31.9 Å². The van der Waals surface area contributed by atoms with Gasteiger partial charge in [0.15, 0.2) is 5.96 Å². The number of guanidine groups is 1. The highest BCUT2D eigenvalue weighted by Crippen LogP contribution is 2.36. The van der Waals surface area contributed by atoms with Crippen LogP contribution in [-0.4, -0.2) is 19.0 Å². The van der Waals surface area contributed by atoms with E-state index in [1.807, 2.05) is 0 Å². The van der Waals surface area contributed by atoms with Crippen LogP contribution in [0.2, 0.25) is 0 Å². The Kier molecular flexibility index (Phi) is 4.13. The SMILES string of the molecule is CC(C)CNC(N)=NCC1(C)Cc2ccccc2C1. The average Bonchev–Trinajstić information content (AvgIpc) is 2.70. The topological polar surface area (TPSA) is 50.4 Å². The van der Waals surface area contributed by atoms with E-state index in [2.05, 4.69) is 55.3 Å². The van der Waals surface area contributed by atoms with Gasteiger partial charge in [-0.25, -0.2) is 0 Å². The fraction of sp³-hybridized carbons (Fsp3) is 0.562. The molecule has 0 aromatic heterocycles. The molecule has 0 amide bonds. The number of nitrogens with zero attached hydrogens (tertiary/aromatic N) is 1. The zero-order chi connectivity index (χ0) is 13.9. The van der Waals surface area contributed by atoms with E-state index >= 15 is 0 Å². The highest BCUT2D eigenvalue weighted by atomic mass is 15.1. The van der Waals surface area contributed by atoms with Crippen LogP contribution in [0.15, 0.2) is 29.3 Å². The molecule has 0 fully saturated rings. The van der Waals surface area contributed by atoms with Crippen LogP contribution in [0.4, 0.5) is 0 Å². The zero-order valence-corrected chi connectivity index (χ0v) is 12.2. The normalized spacial score (nSPS) is 17.6. The van der Waals surface area contributed by atoms with Crippen LogP contribution in [0.25, 0.3) is 0 Å². The molecule has 3 N–H and O–H groups in total. The number of rotatable bonds is 4. The van der Waals surface area contributed by atoms with Gasteiger partial charge in [0.1, 0.15) is 0 Å². The van der Waals surface area contributed by atoms with Crippen molar-refractivity contribution in [3.63, 3.8) is 0 Å². The van der Waals surface area contributed by atoms with Gasteiger partial charge in [0.25, 0.3) is 0 Å². The van der Waals surface area contributed by atoms with Crippen LogP contribution in [0.3, 0.4) is 0 Å². The Labute approximate surface area is 116 Å². The van der Waals surface area contributed by atoms with E-state index in [1.54, 1.807) is 0 Å². The molecule has 19 heavy (non-hydrogen) atoms. The summed E-state index contributed by atoms with van der Waals surface area (Å²) in [6.45, 7) is 8.29. The minimum absolute atomic E-state index is 0.216. The number of benzene rings is 1. The first-order valence-electron chi connectivity index (χ1n) is 7.09. The Bertz CT molecular complexity index is 438. The molecular formula is C16H25N3. The summed E-state index contributed by atoms with van der Waals surface area (Å²) in [7, 11) is 0. The Morgan fingerprint density at radius 1 is 1.32 bits per heavy atom. The van der Waals surface area contributed by atoms with Crippen molar-refractivity contribution in [3.8, 4) is 0 Å². The standard InChI is InChI=1S/C16H25N3/c1-12(2)10-18-15(17)19-11-16(3)8-13-6-4-5-7-14(13)9-16/h4-7,12H,8-11H2,1-3H3,(H3,17,18,19). The van der Waals surface area contributed by atoms with Crippen LogP contribution < -0.4 is 11.1 Å². The van der Waals surface area contributed by atoms with Crippen LogP contribution >= 0.6 is 0 Å². The van der Waals surface area contributed by atoms with Gasteiger partial charge in [0, 0.05) is 13.1 Å². The summed E-state index contributed by atoms with van der Waals surface area (Å²) in [5, 5.41) is 3.17. The van der Waals surface area contributed by atoms with E-state index in [0.717, 1.165) is 25.9 Å². The average molecular weight is 259 g/mol. The highest BCUT2D eigenvalue weighted by Gasteiger charge is 2.32. The smallest absolute Gasteiger partial charge is 0.188 e. The number of aliphatic imine (C=N–C) groups is 1. The number of hydrogen-bond donors (Lipinski definition) is 2. The van der Waals surface area contributed by atoms with Gasteiger partial charge in [-0.15, -0.1) is 0 Å². The summed E-state index contributed by atoms with van der Waals surface area (Å²) >= 11 is 0. The number of fused-ring (bicyclic) bond motifs is 1. The van der Waals surface area contributed by atoms with E-state index < -0.39 is 0 Å². The van der Waals surface area contributed by atoms with E-state index in [9.17, 15) is 0 Å². The molecule has 1 aliphatic carbocycles. The molecule has 0 spiro atoms. The van der Waals surface area contributed by atoms with Crippen molar-refractivity contribution in [2.75, 3.05) is 13.1 Å². The maximum atomic E-state index is 5.90. The molecule has 3 heteroatoms. The third kappa shape index (κ3) is 3.72. The van der Waals surface area contributed by atoms with Gasteiger partial charge in [-0.05, 0) is 35.3 Å². The molecule has 0 aliphatic heterocycles. The quantitative estimate of drug-likeness (QED) is 0.644. The third-order valence-electron chi connectivity index (χ3n) is 3.68. The van der Waals surface area contributed by atoms with Crippen LogP contribution in [0, 0.1) is 11.3 Å². The lowest BCUT2D eigenvalue weighted by Gasteiger charge is -2.21. The van der Waals surface area contributed by atoms with E-state index in [-0.39, 0.29) is 5.41 Å². The van der Waals surface area contributed by atoms with Gasteiger partial charge in [-0.2, -0.15) is 0 Å². The molecular weight excluding hydrogens is 234 g/mol. The third-order valence-corrected chi connectivity index (χ3v) is 3.68. The molecule has 1 aliphatic rings. The van der Waals surface area contributed by atoms with E-state index in [0.29, 0.717) is 11.9 Å². The van der Waals surface area contributed by atoms with Crippen molar-refractivity contribution in [1.82, 2.24) is 5.32 Å². The molecule has 3 nitrogen and oxygen atoms in total. The van der Waals surface area contributed by atoms with Crippen molar-refractivity contribution in [2.24, 2.45) is 22.1 Å². The minimum Gasteiger partial charge on any atom is -0.370 e. The predicted molar refractivity (Wildman–Crippen MR) is 81.3 cm³/mol. The Morgan fingerprint density at radius 3 is 2.42 bits per heavy atom. The summed E-state index contributed by atoms with van der Waals surface area (Å²) in [6.07, 6.45) is 2.20. The first kappa shape index (κ1) is 13.9. The number of hydrogen-bond acceptors (Lipinski definition) is 1. The highest BCUT2D eigenvalue weighted by molar-refractivity contribution is 5.77. The van der Waals surface area contributed by atoms with Crippen molar-refractivity contribution in [2.45, 2.75) is 33.6 Å². The summed E-state index contributed by atoms with van der Waals surface area (Å²) < 4.78 is 0. The lowest BCUT2D eigenvalue weighted by molar-refractivity contribution is 0.360. The second kappa shape index (κ2) is 5.64. The maximum absolute atomic E-state index is 5.90. The predicted octanol–water partition coefficient (Wildman–Crippen LogP) is 2.35. The summed E-state index contributed by atoms with van der Waals surface area (Å²) in [4.78, 5) is 4.52. The molecule has 104 valence electrons. The lowest BCUT2D eigenvalue weighted by Crippen LogP contribution is -2.35. The minimum atomic E-state index is 0.216. The van der Waals surface area contributed by atoms with Crippen molar-refractivity contribution in [3.05, 3.63) is 35.4 Å². The Balaban J connectivity index is 1.92. The fourth-order valence-corrected chi connectivity index (χ4v) is 2.64. The van der Waals surface area contributed by atoms with Gasteiger partial charge in [0.05, 0.1) is 0 Å². The second-order valence-electron chi connectivity index (χ2n) is 6.41. The molecule has 1 aromatic carbocycles. The summed E-state index contributed by atoms with van der Waals surface area (Å²) in [5.74, 6) is 1.16. The molecule has 2 rings (SSSR count). The Hall–Kier alpha value is -1.51. The summed E-state index contributed by atoms with van der Waals surface area (Å²) in [6, 6.07) is 8.69. The number of nitrogens with two attached hydrogens (primary N) is 1. The molecule has 0 heterocycles. The molecule has 0 atom stereocenters. The Morgan fingerprint density at radius 2 is 1.89 bits per heavy atom. The van der Waals surface area contributed by atoms with E-state index in [4.69, 9.17) is 5.73 Å². The van der Waals surface area contributed by atoms with Crippen molar-refractivity contribution in [1.29, 1.82) is 0 Å². The first-order chi connectivity index (χ1) is 8.98.